The average molecular weight is 242 g/mol. The van der Waals surface area contributed by atoms with Crippen LogP contribution in [0, 0.1) is 18.3 Å². The fraction of sp³-hybridized carbons (Fsp3) is 0.500. The highest BCUT2D eigenvalue weighted by atomic mass is 15.2. The molecule has 0 radical (unpaired) electrons. The van der Waals surface area contributed by atoms with Gasteiger partial charge in [0.15, 0.2) is 0 Å². The zero-order chi connectivity index (χ0) is 12.8. The molecule has 1 unspecified atom stereocenters. The summed E-state index contributed by atoms with van der Waals surface area (Å²) < 4.78 is 0. The van der Waals surface area contributed by atoms with E-state index in [1.807, 2.05) is 7.05 Å². The highest BCUT2D eigenvalue weighted by molar-refractivity contribution is 5.20. The Morgan fingerprint density at radius 2 is 2.11 bits per heavy atom. The van der Waals surface area contributed by atoms with Crippen molar-refractivity contribution in [2.75, 3.05) is 26.7 Å². The van der Waals surface area contributed by atoms with Crippen LogP contribution >= 0.6 is 0 Å². The van der Waals surface area contributed by atoms with Crippen LogP contribution in [0.3, 0.4) is 0 Å². The Bertz CT molecular complexity index is 389. The molecule has 2 rings (SSSR count). The van der Waals surface area contributed by atoms with Crippen LogP contribution < -0.4 is 5.32 Å². The zero-order valence-electron chi connectivity index (χ0n) is 11.1. The van der Waals surface area contributed by atoms with E-state index in [1.165, 1.54) is 18.4 Å². The molecule has 1 fully saturated rings. The molecular formula is C16H22N2. The summed E-state index contributed by atoms with van der Waals surface area (Å²) in [6, 6.07) is 11.0. The molecule has 1 aromatic rings. The van der Waals surface area contributed by atoms with E-state index in [9.17, 15) is 0 Å². The second-order valence-electron chi connectivity index (χ2n) is 5.06. The quantitative estimate of drug-likeness (QED) is 0.738. The van der Waals surface area contributed by atoms with Crippen molar-refractivity contribution in [1.82, 2.24) is 10.2 Å². The lowest BCUT2D eigenvalue weighted by atomic mass is 10.0. The summed E-state index contributed by atoms with van der Waals surface area (Å²) in [6.07, 6.45) is 8.25. The van der Waals surface area contributed by atoms with Gasteiger partial charge in [0.25, 0.3) is 0 Å². The third-order valence-corrected chi connectivity index (χ3v) is 3.51. The molecule has 1 aliphatic carbocycles. The lowest BCUT2D eigenvalue weighted by molar-refractivity contribution is 0.211. The van der Waals surface area contributed by atoms with Gasteiger partial charge in [0.1, 0.15) is 0 Å². The minimum Gasteiger partial charge on any atom is -0.318 e. The lowest BCUT2D eigenvalue weighted by Crippen LogP contribution is -2.36. The van der Waals surface area contributed by atoms with E-state index in [2.05, 4.69) is 46.5 Å². The molecule has 0 heterocycles. The molecule has 0 amide bonds. The third kappa shape index (κ3) is 3.60. The summed E-state index contributed by atoms with van der Waals surface area (Å²) in [7, 11) is 2.00. The molecule has 1 atom stereocenters. The van der Waals surface area contributed by atoms with Crippen LogP contribution in [0.25, 0.3) is 0 Å². The minimum absolute atomic E-state index is 0.382. The van der Waals surface area contributed by atoms with E-state index in [1.54, 1.807) is 0 Å². The molecule has 0 spiro atoms. The standard InChI is InChI=1S/C16H22N2/c1-3-11-18(13-14-9-10-14)16(12-17-2)15-7-5-4-6-8-15/h1,4-8,14,16-17H,9-13H2,2H3. The number of hydrogen-bond acceptors (Lipinski definition) is 2. The maximum absolute atomic E-state index is 5.53. The van der Waals surface area contributed by atoms with E-state index in [4.69, 9.17) is 6.42 Å². The predicted octanol–water partition coefficient (Wildman–Crippen LogP) is 2.29. The van der Waals surface area contributed by atoms with Gasteiger partial charge in [0.05, 0.1) is 6.54 Å². The number of nitrogens with zero attached hydrogens (tertiary/aromatic N) is 1. The van der Waals surface area contributed by atoms with Gasteiger partial charge < -0.3 is 5.32 Å². The number of likely N-dealkylation sites (N-methyl/N-ethyl adjacent to an activating group) is 1. The maximum atomic E-state index is 5.53. The number of benzene rings is 1. The molecule has 0 bridgehead atoms. The monoisotopic (exact) mass is 242 g/mol. The summed E-state index contributed by atoms with van der Waals surface area (Å²) in [5.41, 5.74) is 1.35. The predicted molar refractivity (Wildman–Crippen MR) is 76.2 cm³/mol. The van der Waals surface area contributed by atoms with Crippen LogP contribution in [-0.2, 0) is 0 Å². The van der Waals surface area contributed by atoms with Crippen LogP contribution in [0.15, 0.2) is 30.3 Å². The number of nitrogens with one attached hydrogen (secondary N) is 1. The fourth-order valence-corrected chi connectivity index (χ4v) is 2.38. The molecule has 0 aliphatic heterocycles. The van der Waals surface area contributed by atoms with Gasteiger partial charge in [-0.15, -0.1) is 6.42 Å². The van der Waals surface area contributed by atoms with E-state index < -0.39 is 0 Å². The first-order chi connectivity index (χ1) is 8.85. The smallest absolute Gasteiger partial charge is 0.0604 e. The summed E-state index contributed by atoms with van der Waals surface area (Å²) in [4.78, 5) is 2.43. The second-order valence-corrected chi connectivity index (χ2v) is 5.06. The molecule has 1 N–H and O–H groups in total. The van der Waals surface area contributed by atoms with Crippen LogP contribution in [0.1, 0.15) is 24.4 Å². The Hall–Kier alpha value is -1.30. The number of rotatable bonds is 7. The molecule has 1 aromatic carbocycles. The van der Waals surface area contributed by atoms with Crippen molar-refractivity contribution in [3.05, 3.63) is 35.9 Å². The van der Waals surface area contributed by atoms with Gasteiger partial charge in [0, 0.05) is 19.1 Å². The molecule has 0 saturated heterocycles. The topological polar surface area (TPSA) is 15.3 Å². The largest absolute Gasteiger partial charge is 0.318 e. The Labute approximate surface area is 110 Å². The van der Waals surface area contributed by atoms with E-state index in [0.717, 1.165) is 25.6 Å². The van der Waals surface area contributed by atoms with E-state index in [-0.39, 0.29) is 0 Å². The van der Waals surface area contributed by atoms with Crippen LogP contribution in [-0.4, -0.2) is 31.6 Å². The average Bonchev–Trinajstić information content (AvgIpc) is 3.21. The summed E-state index contributed by atoms with van der Waals surface area (Å²) in [5, 5.41) is 3.29. The first kappa shape index (κ1) is 13.1. The van der Waals surface area contributed by atoms with Gasteiger partial charge in [-0.1, -0.05) is 36.3 Å². The van der Waals surface area contributed by atoms with E-state index >= 15 is 0 Å². The minimum atomic E-state index is 0.382. The molecular weight excluding hydrogens is 220 g/mol. The van der Waals surface area contributed by atoms with Crippen molar-refractivity contribution in [2.45, 2.75) is 18.9 Å². The number of hydrogen-bond donors (Lipinski definition) is 1. The van der Waals surface area contributed by atoms with Crippen molar-refractivity contribution < 1.29 is 0 Å². The van der Waals surface area contributed by atoms with Crippen molar-refractivity contribution in [2.24, 2.45) is 5.92 Å². The molecule has 18 heavy (non-hydrogen) atoms. The summed E-state index contributed by atoms with van der Waals surface area (Å²) in [6.45, 7) is 2.81. The van der Waals surface area contributed by atoms with E-state index in [0.29, 0.717) is 6.04 Å². The Kier molecular flexibility index (Phi) is 4.81. The van der Waals surface area contributed by atoms with Gasteiger partial charge in [-0.2, -0.15) is 0 Å². The molecule has 1 saturated carbocycles. The normalized spacial score (nSPS) is 16.5. The van der Waals surface area contributed by atoms with Gasteiger partial charge in [-0.05, 0) is 31.4 Å². The van der Waals surface area contributed by atoms with Gasteiger partial charge >= 0.3 is 0 Å². The molecule has 96 valence electrons. The highest BCUT2D eigenvalue weighted by Crippen LogP contribution is 2.32. The van der Waals surface area contributed by atoms with Crippen molar-refractivity contribution in [1.29, 1.82) is 0 Å². The molecule has 1 aliphatic rings. The second kappa shape index (κ2) is 6.58. The van der Waals surface area contributed by atoms with Crippen LogP contribution in [0.2, 0.25) is 0 Å². The Morgan fingerprint density at radius 1 is 1.39 bits per heavy atom. The molecule has 2 nitrogen and oxygen atoms in total. The van der Waals surface area contributed by atoms with Gasteiger partial charge in [-0.3, -0.25) is 4.90 Å². The van der Waals surface area contributed by atoms with Crippen molar-refractivity contribution in [3.63, 3.8) is 0 Å². The summed E-state index contributed by atoms with van der Waals surface area (Å²) >= 11 is 0. The third-order valence-electron chi connectivity index (χ3n) is 3.51. The van der Waals surface area contributed by atoms with Gasteiger partial charge in [-0.25, -0.2) is 0 Å². The zero-order valence-corrected chi connectivity index (χ0v) is 11.1. The molecule has 2 heteroatoms. The highest BCUT2D eigenvalue weighted by Gasteiger charge is 2.28. The molecule has 0 aromatic heterocycles. The van der Waals surface area contributed by atoms with Crippen molar-refractivity contribution in [3.8, 4) is 12.3 Å². The van der Waals surface area contributed by atoms with Gasteiger partial charge in [0.2, 0.25) is 0 Å². The Balaban J connectivity index is 2.12. The fourth-order valence-electron chi connectivity index (χ4n) is 2.38. The first-order valence-corrected chi connectivity index (χ1v) is 6.72. The lowest BCUT2D eigenvalue weighted by Gasteiger charge is -2.30. The summed E-state index contributed by atoms with van der Waals surface area (Å²) in [5.74, 6) is 3.67. The van der Waals surface area contributed by atoms with Crippen LogP contribution in [0.4, 0.5) is 0 Å². The SMILES string of the molecule is C#CCN(CC1CC1)C(CNC)c1ccccc1. The van der Waals surface area contributed by atoms with Crippen molar-refractivity contribution >= 4 is 0 Å². The maximum Gasteiger partial charge on any atom is 0.0604 e. The first-order valence-electron chi connectivity index (χ1n) is 6.72. The van der Waals surface area contributed by atoms with Crippen LogP contribution in [0.5, 0.6) is 0 Å². The Morgan fingerprint density at radius 3 is 2.67 bits per heavy atom. The number of terminal acetylenes is 1.